The quantitative estimate of drug-likeness (QED) is 0.462. The van der Waals surface area contributed by atoms with E-state index in [1.54, 1.807) is 0 Å². The monoisotopic (exact) mass is 337 g/mol. The Morgan fingerprint density at radius 1 is 0.875 bits per heavy atom. The van der Waals surface area contributed by atoms with Gasteiger partial charge in [0.05, 0.1) is 0 Å². The molecule has 0 spiro atoms. The Bertz CT molecular complexity index is 198. The molecule has 3 nitrogen and oxygen atoms in total. The summed E-state index contributed by atoms with van der Waals surface area (Å²) in [4.78, 5) is 4.31. The standard InChI is InChI=1S/C12H23N3.HI/c1-13-12(14-10-6-2-3-7-10)15-11-8-4-5-9-11;/h10-11H,2-9H2,1H3,(H2,13,14,15);1H. The van der Waals surface area contributed by atoms with Crippen molar-refractivity contribution in [3.05, 3.63) is 0 Å². The molecule has 0 aromatic heterocycles. The first-order valence-electron chi connectivity index (χ1n) is 6.38. The zero-order valence-electron chi connectivity index (χ0n) is 10.2. The molecular weight excluding hydrogens is 313 g/mol. The van der Waals surface area contributed by atoms with E-state index in [1.807, 2.05) is 7.05 Å². The molecule has 16 heavy (non-hydrogen) atoms. The number of hydrogen-bond acceptors (Lipinski definition) is 1. The molecule has 0 bridgehead atoms. The molecule has 0 amide bonds. The average molecular weight is 337 g/mol. The lowest BCUT2D eigenvalue weighted by Crippen LogP contribution is -2.45. The predicted octanol–water partition coefficient (Wildman–Crippen LogP) is 2.65. The van der Waals surface area contributed by atoms with Gasteiger partial charge in [-0.05, 0) is 25.7 Å². The second kappa shape index (κ2) is 7.35. The highest BCUT2D eigenvalue weighted by Gasteiger charge is 2.19. The molecule has 2 aliphatic rings. The van der Waals surface area contributed by atoms with Crippen molar-refractivity contribution < 1.29 is 0 Å². The van der Waals surface area contributed by atoms with Gasteiger partial charge in [-0.3, -0.25) is 4.99 Å². The van der Waals surface area contributed by atoms with Gasteiger partial charge in [0.1, 0.15) is 0 Å². The van der Waals surface area contributed by atoms with Gasteiger partial charge in [0.15, 0.2) is 5.96 Å². The summed E-state index contributed by atoms with van der Waals surface area (Å²) in [5.74, 6) is 1.02. The summed E-state index contributed by atoms with van der Waals surface area (Å²) in [6.07, 6.45) is 10.7. The van der Waals surface area contributed by atoms with E-state index in [4.69, 9.17) is 0 Å². The zero-order valence-corrected chi connectivity index (χ0v) is 12.5. The lowest BCUT2D eigenvalue weighted by atomic mass is 10.2. The third-order valence-corrected chi connectivity index (χ3v) is 3.62. The number of halogens is 1. The Labute approximate surface area is 116 Å². The molecule has 0 saturated heterocycles. The first-order valence-corrected chi connectivity index (χ1v) is 6.38. The predicted molar refractivity (Wildman–Crippen MR) is 79.6 cm³/mol. The number of guanidine groups is 1. The molecule has 2 saturated carbocycles. The molecule has 2 fully saturated rings. The molecule has 2 aliphatic carbocycles. The Balaban J connectivity index is 0.00000128. The van der Waals surface area contributed by atoms with Crippen LogP contribution < -0.4 is 10.6 Å². The van der Waals surface area contributed by atoms with Crippen LogP contribution in [0.4, 0.5) is 0 Å². The first kappa shape index (κ1) is 14.1. The van der Waals surface area contributed by atoms with Crippen molar-refractivity contribution in [2.24, 2.45) is 4.99 Å². The number of aliphatic imine (C=N–C) groups is 1. The SMILES string of the molecule is CN=C(NC1CCCC1)NC1CCCC1.I. The molecule has 0 atom stereocenters. The Morgan fingerprint density at radius 3 is 1.56 bits per heavy atom. The highest BCUT2D eigenvalue weighted by atomic mass is 127. The van der Waals surface area contributed by atoms with Crippen molar-refractivity contribution in [2.75, 3.05) is 7.05 Å². The largest absolute Gasteiger partial charge is 0.354 e. The fourth-order valence-electron chi connectivity index (χ4n) is 2.70. The van der Waals surface area contributed by atoms with E-state index in [0.29, 0.717) is 12.1 Å². The molecule has 0 unspecified atom stereocenters. The second-order valence-corrected chi connectivity index (χ2v) is 4.82. The number of rotatable bonds is 2. The summed E-state index contributed by atoms with van der Waals surface area (Å²) < 4.78 is 0. The summed E-state index contributed by atoms with van der Waals surface area (Å²) in [5, 5.41) is 7.06. The van der Waals surface area contributed by atoms with Gasteiger partial charge in [0.2, 0.25) is 0 Å². The minimum absolute atomic E-state index is 0. The number of nitrogens with zero attached hydrogens (tertiary/aromatic N) is 1. The maximum Gasteiger partial charge on any atom is 0.191 e. The Kier molecular flexibility index (Phi) is 6.46. The Morgan fingerprint density at radius 2 is 1.25 bits per heavy atom. The third kappa shape index (κ3) is 4.11. The summed E-state index contributed by atoms with van der Waals surface area (Å²) in [6.45, 7) is 0. The maximum atomic E-state index is 4.31. The van der Waals surface area contributed by atoms with Gasteiger partial charge in [-0.15, -0.1) is 24.0 Å². The smallest absolute Gasteiger partial charge is 0.191 e. The van der Waals surface area contributed by atoms with Crippen molar-refractivity contribution >= 4 is 29.9 Å². The molecule has 4 heteroatoms. The van der Waals surface area contributed by atoms with Crippen LogP contribution in [0.15, 0.2) is 4.99 Å². The fourth-order valence-corrected chi connectivity index (χ4v) is 2.70. The number of hydrogen-bond donors (Lipinski definition) is 2. The van der Waals surface area contributed by atoms with Crippen LogP contribution in [0.1, 0.15) is 51.4 Å². The lowest BCUT2D eigenvalue weighted by Gasteiger charge is -2.20. The minimum Gasteiger partial charge on any atom is -0.354 e. The van der Waals surface area contributed by atoms with Gasteiger partial charge in [-0.25, -0.2) is 0 Å². The van der Waals surface area contributed by atoms with Gasteiger partial charge >= 0.3 is 0 Å². The van der Waals surface area contributed by atoms with Gasteiger partial charge < -0.3 is 10.6 Å². The number of nitrogens with one attached hydrogen (secondary N) is 2. The van der Waals surface area contributed by atoms with Crippen molar-refractivity contribution in [2.45, 2.75) is 63.5 Å². The highest BCUT2D eigenvalue weighted by molar-refractivity contribution is 14.0. The second-order valence-electron chi connectivity index (χ2n) is 4.82. The summed E-state index contributed by atoms with van der Waals surface area (Å²) in [6, 6.07) is 1.33. The van der Waals surface area contributed by atoms with Crippen molar-refractivity contribution in [3.63, 3.8) is 0 Å². The van der Waals surface area contributed by atoms with E-state index in [-0.39, 0.29) is 24.0 Å². The van der Waals surface area contributed by atoms with E-state index in [9.17, 15) is 0 Å². The molecule has 0 aromatic rings. The van der Waals surface area contributed by atoms with Crippen LogP contribution in [0.25, 0.3) is 0 Å². The molecule has 0 aromatic carbocycles. The van der Waals surface area contributed by atoms with Crippen LogP contribution in [0.5, 0.6) is 0 Å². The van der Waals surface area contributed by atoms with Gasteiger partial charge in [0, 0.05) is 19.1 Å². The van der Waals surface area contributed by atoms with E-state index in [0.717, 1.165) is 5.96 Å². The first-order chi connectivity index (χ1) is 7.38. The van der Waals surface area contributed by atoms with E-state index in [1.165, 1.54) is 51.4 Å². The summed E-state index contributed by atoms with van der Waals surface area (Å²) in [7, 11) is 1.87. The van der Waals surface area contributed by atoms with Crippen molar-refractivity contribution in [1.29, 1.82) is 0 Å². The zero-order chi connectivity index (χ0) is 10.5. The molecule has 0 aliphatic heterocycles. The van der Waals surface area contributed by atoms with E-state index < -0.39 is 0 Å². The highest BCUT2D eigenvalue weighted by Crippen LogP contribution is 2.19. The fraction of sp³-hybridized carbons (Fsp3) is 0.917. The van der Waals surface area contributed by atoms with Crippen molar-refractivity contribution in [3.8, 4) is 0 Å². The van der Waals surface area contributed by atoms with Crippen LogP contribution in [0, 0.1) is 0 Å². The molecule has 94 valence electrons. The van der Waals surface area contributed by atoms with Gasteiger partial charge in [0.25, 0.3) is 0 Å². The molecular formula is C12H24IN3. The van der Waals surface area contributed by atoms with Crippen molar-refractivity contribution in [1.82, 2.24) is 10.6 Å². The maximum absolute atomic E-state index is 4.31. The van der Waals surface area contributed by atoms with E-state index in [2.05, 4.69) is 15.6 Å². The lowest BCUT2D eigenvalue weighted by molar-refractivity contribution is 0.573. The molecule has 0 radical (unpaired) electrons. The summed E-state index contributed by atoms with van der Waals surface area (Å²) in [5.41, 5.74) is 0. The van der Waals surface area contributed by atoms with Crippen LogP contribution in [0.3, 0.4) is 0 Å². The Hall–Kier alpha value is 0. The van der Waals surface area contributed by atoms with E-state index >= 15 is 0 Å². The third-order valence-electron chi connectivity index (χ3n) is 3.62. The van der Waals surface area contributed by atoms with Crippen LogP contribution in [-0.4, -0.2) is 25.1 Å². The normalized spacial score (nSPS) is 21.6. The molecule has 0 heterocycles. The van der Waals surface area contributed by atoms with Gasteiger partial charge in [-0.1, -0.05) is 25.7 Å². The topological polar surface area (TPSA) is 36.4 Å². The van der Waals surface area contributed by atoms with Crippen LogP contribution >= 0.6 is 24.0 Å². The minimum atomic E-state index is 0. The summed E-state index contributed by atoms with van der Waals surface area (Å²) >= 11 is 0. The average Bonchev–Trinajstić information content (AvgIpc) is 2.89. The molecule has 2 N–H and O–H groups in total. The van der Waals surface area contributed by atoms with Crippen LogP contribution in [0.2, 0.25) is 0 Å². The molecule has 2 rings (SSSR count). The van der Waals surface area contributed by atoms with Crippen LogP contribution in [-0.2, 0) is 0 Å². The van der Waals surface area contributed by atoms with Gasteiger partial charge in [-0.2, -0.15) is 0 Å².